The average Bonchev–Trinajstić information content (AvgIpc) is 2.77. The van der Waals surface area contributed by atoms with Crippen LogP contribution in [0.5, 0.6) is 0 Å². The van der Waals surface area contributed by atoms with Crippen molar-refractivity contribution in [2.75, 3.05) is 5.73 Å². The van der Waals surface area contributed by atoms with Crippen molar-refractivity contribution < 1.29 is 8.81 Å². The van der Waals surface area contributed by atoms with E-state index >= 15 is 0 Å². The summed E-state index contributed by atoms with van der Waals surface area (Å²) >= 11 is 17.7. The van der Waals surface area contributed by atoms with Crippen molar-refractivity contribution >= 4 is 51.6 Å². The SMILES string of the molecule is Nc1c(Cl)ccc(Cl)c1-c1nc2cc(Cl)c(F)cc2o1. The van der Waals surface area contributed by atoms with E-state index in [1.807, 2.05) is 0 Å². The van der Waals surface area contributed by atoms with Crippen molar-refractivity contribution in [1.29, 1.82) is 0 Å². The number of rotatable bonds is 1. The molecular formula is C13H6Cl3FN2O. The average molecular weight is 332 g/mol. The van der Waals surface area contributed by atoms with Gasteiger partial charge < -0.3 is 10.2 Å². The molecule has 3 nitrogen and oxygen atoms in total. The minimum Gasteiger partial charge on any atom is -0.436 e. The Kier molecular flexibility index (Phi) is 3.24. The van der Waals surface area contributed by atoms with E-state index in [9.17, 15) is 4.39 Å². The highest BCUT2D eigenvalue weighted by molar-refractivity contribution is 6.37. The Bertz CT molecular complexity index is 793. The van der Waals surface area contributed by atoms with Gasteiger partial charge in [-0.1, -0.05) is 34.8 Å². The Morgan fingerprint density at radius 1 is 1.05 bits per heavy atom. The molecule has 2 N–H and O–H groups in total. The summed E-state index contributed by atoms with van der Waals surface area (Å²) in [5.41, 5.74) is 7.15. The summed E-state index contributed by atoms with van der Waals surface area (Å²) in [5.74, 6) is -0.432. The number of anilines is 1. The highest BCUT2D eigenvalue weighted by Gasteiger charge is 2.18. The van der Waals surface area contributed by atoms with Gasteiger partial charge in [0.05, 0.1) is 26.3 Å². The molecule has 0 amide bonds. The van der Waals surface area contributed by atoms with Crippen LogP contribution >= 0.6 is 34.8 Å². The van der Waals surface area contributed by atoms with Crippen LogP contribution in [0.2, 0.25) is 15.1 Å². The highest BCUT2D eigenvalue weighted by Crippen LogP contribution is 2.38. The number of oxazole rings is 1. The highest BCUT2D eigenvalue weighted by atomic mass is 35.5. The van der Waals surface area contributed by atoms with Crippen LogP contribution in [0.1, 0.15) is 0 Å². The quantitative estimate of drug-likeness (QED) is 0.625. The third kappa shape index (κ3) is 2.10. The standard InChI is InChI=1S/C13H6Cl3FN2O/c14-5-1-2-6(15)12(18)11(5)13-19-9-3-7(16)8(17)4-10(9)20-13/h1-4H,18H2. The molecule has 1 aromatic heterocycles. The predicted molar refractivity (Wildman–Crippen MR) is 78.8 cm³/mol. The van der Waals surface area contributed by atoms with Crippen LogP contribution in [0.25, 0.3) is 22.6 Å². The van der Waals surface area contributed by atoms with Crippen molar-refractivity contribution in [3.63, 3.8) is 0 Å². The number of aromatic nitrogens is 1. The molecule has 0 aliphatic heterocycles. The van der Waals surface area contributed by atoms with Gasteiger partial charge in [0, 0.05) is 6.07 Å². The summed E-state index contributed by atoms with van der Waals surface area (Å²) in [6.07, 6.45) is 0. The summed E-state index contributed by atoms with van der Waals surface area (Å²) in [6, 6.07) is 5.68. The first-order valence-corrected chi connectivity index (χ1v) is 6.60. The minimum absolute atomic E-state index is 0.0393. The lowest BCUT2D eigenvalue weighted by molar-refractivity contribution is 0.603. The Hall–Kier alpha value is -1.49. The van der Waals surface area contributed by atoms with Gasteiger partial charge in [-0.2, -0.15) is 0 Å². The Morgan fingerprint density at radius 3 is 2.50 bits per heavy atom. The molecule has 0 saturated carbocycles. The van der Waals surface area contributed by atoms with E-state index in [2.05, 4.69) is 4.98 Å². The molecule has 0 atom stereocenters. The number of halogens is 4. The first-order chi connectivity index (χ1) is 9.47. The smallest absolute Gasteiger partial charge is 0.230 e. The number of nitrogens with two attached hydrogens (primary N) is 1. The normalized spacial score (nSPS) is 11.2. The second-order valence-corrected chi connectivity index (χ2v) is 5.29. The topological polar surface area (TPSA) is 52.0 Å². The molecule has 3 aromatic rings. The largest absolute Gasteiger partial charge is 0.436 e. The number of benzene rings is 2. The fourth-order valence-electron chi connectivity index (χ4n) is 1.82. The number of fused-ring (bicyclic) bond motifs is 1. The van der Waals surface area contributed by atoms with E-state index in [-0.39, 0.29) is 22.2 Å². The Morgan fingerprint density at radius 2 is 1.75 bits per heavy atom. The molecular weight excluding hydrogens is 326 g/mol. The second-order valence-electron chi connectivity index (χ2n) is 4.07. The zero-order chi connectivity index (χ0) is 14.4. The summed E-state index contributed by atoms with van der Waals surface area (Å²) in [6.45, 7) is 0. The van der Waals surface area contributed by atoms with Crippen LogP contribution in [0, 0.1) is 5.82 Å². The van der Waals surface area contributed by atoms with E-state index in [1.165, 1.54) is 6.07 Å². The fourth-order valence-corrected chi connectivity index (χ4v) is 2.38. The molecule has 7 heteroatoms. The lowest BCUT2D eigenvalue weighted by atomic mass is 10.2. The van der Waals surface area contributed by atoms with Gasteiger partial charge in [-0.15, -0.1) is 0 Å². The molecule has 2 aromatic carbocycles. The third-order valence-corrected chi connectivity index (χ3v) is 3.72. The van der Waals surface area contributed by atoms with E-state index < -0.39 is 5.82 Å². The number of hydrogen-bond donors (Lipinski definition) is 1. The molecule has 0 spiro atoms. The van der Waals surface area contributed by atoms with Crippen LogP contribution in [-0.2, 0) is 0 Å². The van der Waals surface area contributed by atoms with Crippen molar-refractivity contribution in [2.45, 2.75) is 0 Å². The molecule has 0 aliphatic rings. The van der Waals surface area contributed by atoms with Gasteiger partial charge in [0.15, 0.2) is 5.58 Å². The molecule has 102 valence electrons. The Balaban J connectivity index is 2.28. The van der Waals surface area contributed by atoms with E-state index in [1.54, 1.807) is 12.1 Å². The van der Waals surface area contributed by atoms with Crippen LogP contribution in [-0.4, -0.2) is 4.98 Å². The molecule has 20 heavy (non-hydrogen) atoms. The fraction of sp³-hybridized carbons (Fsp3) is 0. The summed E-state index contributed by atoms with van der Waals surface area (Å²) in [7, 11) is 0. The predicted octanol–water partition coefficient (Wildman–Crippen LogP) is 5.18. The van der Waals surface area contributed by atoms with E-state index in [4.69, 9.17) is 45.0 Å². The minimum atomic E-state index is -0.591. The molecule has 0 fully saturated rings. The van der Waals surface area contributed by atoms with Gasteiger partial charge >= 0.3 is 0 Å². The maximum atomic E-state index is 13.4. The first-order valence-electron chi connectivity index (χ1n) is 5.47. The molecule has 0 aliphatic carbocycles. The van der Waals surface area contributed by atoms with Gasteiger partial charge in [-0.25, -0.2) is 9.37 Å². The van der Waals surface area contributed by atoms with Crippen LogP contribution in [0.3, 0.4) is 0 Å². The van der Waals surface area contributed by atoms with Gasteiger partial charge in [0.25, 0.3) is 0 Å². The monoisotopic (exact) mass is 330 g/mol. The zero-order valence-electron chi connectivity index (χ0n) is 9.75. The first kappa shape index (κ1) is 13.5. The van der Waals surface area contributed by atoms with Crippen LogP contribution in [0.15, 0.2) is 28.7 Å². The molecule has 0 bridgehead atoms. The maximum absolute atomic E-state index is 13.4. The molecule has 3 rings (SSSR count). The number of nitrogens with zero attached hydrogens (tertiary/aromatic N) is 1. The molecule has 1 heterocycles. The van der Waals surface area contributed by atoms with Crippen LogP contribution < -0.4 is 5.73 Å². The van der Waals surface area contributed by atoms with Gasteiger partial charge in [0.1, 0.15) is 11.3 Å². The lowest BCUT2D eigenvalue weighted by Crippen LogP contribution is -1.92. The zero-order valence-corrected chi connectivity index (χ0v) is 12.0. The third-order valence-electron chi connectivity index (χ3n) is 2.79. The second kappa shape index (κ2) is 4.81. The number of nitrogen functional groups attached to an aromatic ring is 1. The maximum Gasteiger partial charge on any atom is 0.230 e. The Labute approximate surface area is 128 Å². The van der Waals surface area contributed by atoms with Crippen LogP contribution in [0.4, 0.5) is 10.1 Å². The van der Waals surface area contributed by atoms with Crippen molar-refractivity contribution in [1.82, 2.24) is 4.98 Å². The van der Waals surface area contributed by atoms with E-state index in [0.29, 0.717) is 21.1 Å². The number of hydrogen-bond acceptors (Lipinski definition) is 3. The van der Waals surface area contributed by atoms with Gasteiger partial charge in [-0.05, 0) is 18.2 Å². The van der Waals surface area contributed by atoms with Crippen molar-refractivity contribution in [3.8, 4) is 11.5 Å². The van der Waals surface area contributed by atoms with Crippen molar-refractivity contribution in [3.05, 3.63) is 45.2 Å². The lowest BCUT2D eigenvalue weighted by Gasteiger charge is -2.05. The summed E-state index contributed by atoms with van der Waals surface area (Å²) in [5, 5.41) is 0.628. The van der Waals surface area contributed by atoms with Crippen molar-refractivity contribution in [2.24, 2.45) is 0 Å². The molecule has 0 saturated heterocycles. The molecule has 0 unspecified atom stereocenters. The van der Waals surface area contributed by atoms with E-state index in [0.717, 1.165) is 6.07 Å². The summed E-state index contributed by atoms with van der Waals surface area (Å²) < 4.78 is 18.9. The van der Waals surface area contributed by atoms with Gasteiger partial charge in [0.2, 0.25) is 5.89 Å². The van der Waals surface area contributed by atoms with Gasteiger partial charge in [-0.3, -0.25) is 0 Å². The molecule has 0 radical (unpaired) electrons. The summed E-state index contributed by atoms with van der Waals surface area (Å²) in [4.78, 5) is 4.21.